The minimum atomic E-state index is -0.0840. The molecule has 33 heavy (non-hydrogen) atoms. The number of para-hydroxylation sites is 1. The van der Waals surface area contributed by atoms with Gasteiger partial charge in [-0.15, -0.1) is 0 Å². The molecule has 0 fully saturated rings. The number of rotatable bonds is 6. The Kier molecular flexibility index (Phi) is 5.65. The van der Waals surface area contributed by atoms with Crippen LogP contribution in [0.15, 0.2) is 77.7 Å². The molecule has 5 aromatic rings. The summed E-state index contributed by atoms with van der Waals surface area (Å²) in [6.45, 7) is 3.96. The third-order valence-electron chi connectivity index (χ3n) is 5.64. The largest absolute Gasteiger partial charge is 0.491 e. The van der Waals surface area contributed by atoms with Gasteiger partial charge in [0.05, 0.1) is 22.7 Å². The minimum Gasteiger partial charge on any atom is -0.491 e. The number of hydrogen-bond acceptors (Lipinski definition) is 3. The molecule has 1 N–H and O–H groups in total. The standard InChI is InChI=1S/C27H24ClN3O2/c1-17(2)33-21-7-5-6-20(15-21)31-26(30-25-9-4-3-8-22(25)27(31)32)13-10-18-16-29-24-12-11-19(28)14-23(18)24/h3-9,11-12,14-17,29H,10,13H2,1-2H3. The summed E-state index contributed by atoms with van der Waals surface area (Å²) in [4.78, 5) is 21.7. The van der Waals surface area contributed by atoms with Crippen LogP contribution >= 0.6 is 11.6 Å². The van der Waals surface area contributed by atoms with Gasteiger partial charge in [-0.2, -0.15) is 0 Å². The van der Waals surface area contributed by atoms with Crippen LogP contribution in [0.25, 0.3) is 27.5 Å². The summed E-state index contributed by atoms with van der Waals surface area (Å²) in [5, 5.41) is 2.38. The first kappa shape index (κ1) is 21.3. The van der Waals surface area contributed by atoms with Gasteiger partial charge in [0.1, 0.15) is 11.6 Å². The third kappa shape index (κ3) is 4.24. The molecule has 0 saturated heterocycles. The maximum absolute atomic E-state index is 13.6. The Morgan fingerprint density at radius 2 is 1.85 bits per heavy atom. The number of nitrogens with zero attached hydrogens (tertiary/aromatic N) is 2. The van der Waals surface area contributed by atoms with Gasteiger partial charge in [-0.1, -0.05) is 29.8 Å². The van der Waals surface area contributed by atoms with Gasteiger partial charge >= 0.3 is 0 Å². The van der Waals surface area contributed by atoms with Crippen molar-refractivity contribution in [3.63, 3.8) is 0 Å². The molecule has 0 aliphatic carbocycles. The molecule has 0 aliphatic heterocycles. The Bertz CT molecular complexity index is 1520. The van der Waals surface area contributed by atoms with E-state index in [4.69, 9.17) is 21.3 Å². The van der Waals surface area contributed by atoms with Gasteiger partial charge in [0.2, 0.25) is 0 Å². The molecular weight excluding hydrogens is 434 g/mol. The van der Waals surface area contributed by atoms with Crippen LogP contribution in [-0.4, -0.2) is 20.6 Å². The molecule has 3 aromatic carbocycles. The number of nitrogens with one attached hydrogen (secondary N) is 1. The van der Waals surface area contributed by atoms with Gasteiger partial charge in [0, 0.05) is 34.6 Å². The molecule has 0 spiro atoms. The maximum atomic E-state index is 13.6. The number of benzene rings is 3. The van der Waals surface area contributed by atoms with Gasteiger partial charge in [0.25, 0.3) is 5.56 Å². The Hall–Kier alpha value is -3.57. The molecule has 166 valence electrons. The number of aryl methyl sites for hydroxylation is 2. The average Bonchev–Trinajstić information content (AvgIpc) is 3.19. The van der Waals surface area contributed by atoms with E-state index >= 15 is 0 Å². The molecule has 5 rings (SSSR count). The molecule has 2 heterocycles. The smallest absolute Gasteiger partial charge is 0.265 e. The molecule has 0 radical (unpaired) electrons. The highest BCUT2D eigenvalue weighted by atomic mass is 35.5. The number of H-pyrrole nitrogens is 1. The molecule has 0 atom stereocenters. The van der Waals surface area contributed by atoms with Crippen LogP contribution in [0.3, 0.4) is 0 Å². The van der Waals surface area contributed by atoms with Crippen LogP contribution in [-0.2, 0) is 12.8 Å². The van der Waals surface area contributed by atoms with Gasteiger partial charge in [-0.05, 0) is 68.3 Å². The predicted molar refractivity (Wildman–Crippen MR) is 134 cm³/mol. The second kappa shape index (κ2) is 8.75. The van der Waals surface area contributed by atoms with E-state index in [1.807, 2.05) is 86.8 Å². The van der Waals surface area contributed by atoms with Crippen molar-refractivity contribution in [3.8, 4) is 11.4 Å². The lowest BCUT2D eigenvalue weighted by atomic mass is 10.1. The van der Waals surface area contributed by atoms with Crippen LogP contribution in [0.4, 0.5) is 0 Å². The normalized spacial score (nSPS) is 11.5. The van der Waals surface area contributed by atoms with Crippen molar-refractivity contribution < 1.29 is 4.74 Å². The van der Waals surface area contributed by atoms with Gasteiger partial charge in [-0.3, -0.25) is 9.36 Å². The maximum Gasteiger partial charge on any atom is 0.265 e. The van der Waals surface area contributed by atoms with Crippen molar-refractivity contribution in [1.29, 1.82) is 0 Å². The predicted octanol–water partition coefficient (Wildman–Crippen LogP) is 6.09. The van der Waals surface area contributed by atoms with Gasteiger partial charge in [-0.25, -0.2) is 4.98 Å². The number of aromatic nitrogens is 3. The highest BCUT2D eigenvalue weighted by molar-refractivity contribution is 6.31. The number of hydrogen-bond donors (Lipinski definition) is 1. The summed E-state index contributed by atoms with van der Waals surface area (Å²) in [5.41, 5.74) is 3.54. The summed E-state index contributed by atoms with van der Waals surface area (Å²) >= 11 is 6.22. The third-order valence-corrected chi connectivity index (χ3v) is 5.88. The van der Waals surface area contributed by atoms with Crippen LogP contribution in [0.1, 0.15) is 25.2 Å². The summed E-state index contributed by atoms with van der Waals surface area (Å²) in [6, 6.07) is 20.9. The summed E-state index contributed by atoms with van der Waals surface area (Å²) in [6.07, 6.45) is 3.35. The molecule has 2 aromatic heterocycles. The lowest BCUT2D eigenvalue weighted by molar-refractivity contribution is 0.242. The average molecular weight is 458 g/mol. The molecule has 0 amide bonds. The van der Waals surface area contributed by atoms with Crippen molar-refractivity contribution in [2.75, 3.05) is 0 Å². The number of ether oxygens (including phenoxy) is 1. The molecule has 0 aliphatic rings. The summed E-state index contributed by atoms with van der Waals surface area (Å²) < 4.78 is 7.58. The van der Waals surface area contributed by atoms with E-state index in [2.05, 4.69) is 4.98 Å². The van der Waals surface area contributed by atoms with Crippen LogP contribution in [0.2, 0.25) is 5.02 Å². The van der Waals surface area contributed by atoms with E-state index in [1.165, 1.54) is 0 Å². The van der Waals surface area contributed by atoms with E-state index in [0.717, 1.165) is 27.9 Å². The lowest BCUT2D eigenvalue weighted by Gasteiger charge is -2.16. The Morgan fingerprint density at radius 1 is 1.00 bits per heavy atom. The summed E-state index contributed by atoms with van der Waals surface area (Å²) in [7, 11) is 0. The first-order chi connectivity index (χ1) is 16.0. The highest BCUT2D eigenvalue weighted by Crippen LogP contribution is 2.24. The second-order valence-electron chi connectivity index (χ2n) is 8.35. The van der Waals surface area contributed by atoms with Crippen molar-refractivity contribution in [1.82, 2.24) is 14.5 Å². The van der Waals surface area contributed by atoms with E-state index < -0.39 is 0 Å². The topological polar surface area (TPSA) is 59.9 Å². The quantitative estimate of drug-likeness (QED) is 0.335. The van der Waals surface area contributed by atoms with Crippen molar-refractivity contribution in [3.05, 3.63) is 99.7 Å². The number of fused-ring (bicyclic) bond motifs is 2. The van der Waals surface area contributed by atoms with Gasteiger partial charge in [0.15, 0.2) is 0 Å². The molecule has 6 heteroatoms. The zero-order valence-corrected chi connectivity index (χ0v) is 19.3. The van der Waals surface area contributed by atoms with Crippen LogP contribution in [0, 0.1) is 0 Å². The summed E-state index contributed by atoms with van der Waals surface area (Å²) in [5.74, 6) is 1.43. The Balaban J connectivity index is 1.60. The molecule has 0 bridgehead atoms. The highest BCUT2D eigenvalue weighted by Gasteiger charge is 2.15. The SMILES string of the molecule is CC(C)Oc1cccc(-n2c(CCc3c[nH]c4ccc(Cl)cc34)nc3ccccc3c2=O)c1. The van der Waals surface area contributed by atoms with Crippen LogP contribution < -0.4 is 10.3 Å². The Labute approximate surface area is 196 Å². The second-order valence-corrected chi connectivity index (χ2v) is 8.79. The van der Waals surface area contributed by atoms with E-state index in [9.17, 15) is 4.79 Å². The first-order valence-corrected chi connectivity index (χ1v) is 11.4. The molecule has 0 unspecified atom stereocenters. The fraction of sp³-hybridized carbons (Fsp3) is 0.185. The van der Waals surface area contributed by atoms with Gasteiger partial charge < -0.3 is 9.72 Å². The number of aromatic amines is 1. The van der Waals surface area contributed by atoms with E-state index in [0.29, 0.717) is 34.6 Å². The van der Waals surface area contributed by atoms with Crippen molar-refractivity contribution in [2.24, 2.45) is 0 Å². The first-order valence-electron chi connectivity index (χ1n) is 11.0. The number of halogens is 1. The van der Waals surface area contributed by atoms with Crippen molar-refractivity contribution >= 4 is 33.4 Å². The van der Waals surface area contributed by atoms with Crippen molar-refractivity contribution in [2.45, 2.75) is 32.8 Å². The monoisotopic (exact) mass is 457 g/mol. The van der Waals surface area contributed by atoms with Crippen LogP contribution in [0.5, 0.6) is 5.75 Å². The zero-order valence-electron chi connectivity index (χ0n) is 18.5. The molecular formula is C27H24ClN3O2. The Morgan fingerprint density at radius 3 is 2.70 bits per heavy atom. The van der Waals surface area contributed by atoms with E-state index in [-0.39, 0.29) is 11.7 Å². The lowest BCUT2D eigenvalue weighted by Crippen LogP contribution is -2.24. The fourth-order valence-electron chi connectivity index (χ4n) is 4.18. The molecule has 5 nitrogen and oxygen atoms in total. The minimum absolute atomic E-state index is 0.0415. The fourth-order valence-corrected chi connectivity index (χ4v) is 4.36. The van der Waals surface area contributed by atoms with E-state index in [1.54, 1.807) is 4.57 Å². The zero-order chi connectivity index (χ0) is 22.9. The molecule has 0 saturated carbocycles.